The molecule has 0 saturated heterocycles. The normalized spacial score (nSPS) is 9.95. The molecule has 0 radical (unpaired) electrons. The molecule has 1 aromatic heterocycles. The molecule has 0 fully saturated rings. The zero-order valence-electron chi connectivity index (χ0n) is 10.7. The molecule has 1 heterocycles. The minimum absolute atomic E-state index is 0.546. The van der Waals surface area contributed by atoms with Crippen molar-refractivity contribution >= 4 is 23.0 Å². The molecule has 2 rings (SSSR count). The van der Waals surface area contributed by atoms with Gasteiger partial charge in [0.05, 0.1) is 19.4 Å². The fourth-order valence-corrected chi connectivity index (χ4v) is 1.78. The second-order valence-electron chi connectivity index (χ2n) is 3.85. The number of hydrogen-bond donors (Lipinski definition) is 2. The van der Waals surface area contributed by atoms with Gasteiger partial charge < -0.3 is 19.8 Å². The highest BCUT2D eigenvalue weighted by atomic mass is 32.1. The van der Waals surface area contributed by atoms with Crippen molar-refractivity contribution in [2.24, 2.45) is 0 Å². The third-order valence-corrected chi connectivity index (χ3v) is 2.65. The van der Waals surface area contributed by atoms with Crippen LogP contribution in [-0.4, -0.2) is 11.7 Å². The van der Waals surface area contributed by atoms with Crippen molar-refractivity contribution in [3.8, 4) is 5.75 Å². The molecule has 19 heavy (non-hydrogen) atoms. The second-order valence-corrected chi connectivity index (χ2v) is 4.26. The molecule has 1 aromatic carbocycles. The van der Waals surface area contributed by atoms with Gasteiger partial charge in [0.1, 0.15) is 11.5 Å². The maximum Gasteiger partial charge on any atom is 0.171 e. The van der Waals surface area contributed by atoms with Gasteiger partial charge in [0.15, 0.2) is 5.11 Å². The fraction of sp³-hybridized carbons (Fsp3) is 0.214. The molecule has 0 aliphatic carbocycles. The van der Waals surface area contributed by atoms with E-state index in [1.807, 2.05) is 43.3 Å². The number of thiocarbonyl (C=S) groups is 1. The molecule has 100 valence electrons. The van der Waals surface area contributed by atoms with Gasteiger partial charge in [-0.1, -0.05) is 6.07 Å². The van der Waals surface area contributed by atoms with E-state index < -0.39 is 0 Å². The van der Waals surface area contributed by atoms with Crippen molar-refractivity contribution < 1.29 is 9.15 Å². The summed E-state index contributed by atoms with van der Waals surface area (Å²) in [5.74, 6) is 1.66. The zero-order valence-corrected chi connectivity index (χ0v) is 11.5. The Kier molecular flexibility index (Phi) is 4.80. The van der Waals surface area contributed by atoms with Gasteiger partial charge in [0.2, 0.25) is 0 Å². The average Bonchev–Trinajstić information content (AvgIpc) is 2.90. The SMILES string of the molecule is CCOc1cccc(NC(=S)NCc2ccco2)c1. The Hall–Kier alpha value is -2.01. The van der Waals surface area contributed by atoms with Crippen LogP contribution >= 0.6 is 12.2 Å². The largest absolute Gasteiger partial charge is 0.494 e. The zero-order chi connectivity index (χ0) is 13.5. The van der Waals surface area contributed by atoms with E-state index in [1.165, 1.54) is 0 Å². The summed E-state index contributed by atoms with van der Waals surface area (Å²) in [5, 5.41) is 6.72. The first-order valence-corrected chi connectivity index (χ1v) is 6.49. The van der Waals surface area contributed by atoms with Crippen molar-refractivity contribution in [2.75, 3.05) is 11.9 Å². The number of benzene rings is 1. The van der Waals surface area contributed by atoms with Gasteiger partial charge >= 0.3 is 0 Å². The summed E-state index contributed by atoms with van der Waals surface area (Å²) >= 11 is 5.21. The van der Waals surface area contributed by atoms with Gasteiger partial charge in [0, 0.05) is 11.8 Å². The van der Waals surface area contributed by atoms with Crippen LogP contribution in [0.3, 0.4) is 0 Å². The highest BCUT2D eigenvalue weighted by molar-refractivity contribution is 7.80. The highest BCUT2D eigenvalue weighted by Crippen LogP contribution is 2.17. The molecular formula is C14H16N2O2S. The molecule has 0 amide bonds. The van der Waals surface area contributed by atoms with E-state index in [0.29, 0.717) is 18.3 Å². The summed E-state index contributed by atoms with van der Waals surface area (Å²) in [4.78, 5) is 0. The van der Waals surface area contributed by atoms with Crippen LogP contribution in [0.5, 0.6) is 5.75 Å². The van der Waals surface area contributed by atoms with E-state index in [4.69, 9.17) is 21.4 Å². The topological polar surface area (TPSA) is 46.4 Å². The monoisotopic (exact) mass is 276 g/mol. The van der Waals surface area contributed by atoms with E-state index >= 15 is 0 Å². The number of hydrogen-bond acceptors (Lipinski definition) is 3. The van der Waals surface area contributed by atoms with Crippen LogP contribution < -0.4 is 15.4 Å². The molecular weight excluding hydrogens is 260 g/mol. The van der Waals surface area contributed by atoms with Crippen molar-refractivity contribution in [3.63, 3.8) is 0 Å². The molecule has 0 aliphatic heterocycles. The van der Waals surface area contributed by atoms with Crippen LogP contribution in [-0.2, 0) is 6.54 Å². The van der Waals surface area contributed by atoms with E-state index in [0.717, 1.165) is 17.2 Å². The summed E-state index contributed by atoms with van der Waals surface area (Å²) in [6.45, 7) is 3.16. The van der Waals surface area contributed by atoms with Crippen LogP contribution in [0.15, 0.2) is 47.1 Å². The Morgan fingerprint density at radius 1 is 1.32 bits per heavy atom. The lowest BCUT2D eigenvalue weighted by molar-refractivity contribution is 0.340. The summed E-state index contributed by atoms with van der Waals surface area (Å²) in [7, 11) is 0. The van der Waals surface area contributed by atoms with Gasteiger partial charge in [0.25, 0.3) is 0 Å². The molecule has 2 aromatic rings. The Balaban J connectivity index is 1.86. The summed E-state index contributed by atoms with van der Waals surface area (Å²) in [6.07, 6.45) is 1.64. The van der Waals surface area contributed by atoms with Crippen LogP contribution in [0.4, 0.5) is 5.69 Å². The van der Waals surface area contributed by atoms with E-state index in [2.05, 4.69) is 10.6 Å². The molecule has 0 saturated carbocycles. The maximum atomic E-state index is 5.43. The number of furan rings is 1. The molecule has 0 unspecified atom stereocenters. The predicted octanol–water partition coefficient (Wildman–Crippen LogP) is 3.16. The van der Waals surface area contributed by atoms with Gasteiger partial charge in [-0.15, -0.1) is 0 Å². The van der Waals surface area contributed by atoms with Crippen molar-refractivity contribution in [3.05, 3.63) is 48.4 Å². The maximum absolute atomic E-state index is 5.43. The van der Waals surface area contributed by atoms with E-state index in [-0.39, 0.29) is 0 Å². The smallest absolute Gasteiger partial charge is 0.171 e. The lowest BCUT2D eigenvalue weighted by atomic mass is 10.3. The Bertz CT molecular complexity index is 526. The van der Waals surface area contributed by atoms with Crippen molar-refractivity contribution in [2.45, 2.75) is 13.5 Å². The molecule has 0 spiro atoms. The average molecular weight is 276 g/mol. The molecule has 5 heteroatoms. The fourth-order valence-electron chi connectivity index (χ4n) is 1.59. The first-order chi connectivity index (χ1) is 9.28. The number of nitrogens with one attached hydrogen (secondary N) is 2. The molecule has 0 bridgehead atoms. The molecule has 2 N–H and O–H groups in total. The number of anilines is 1. The molecule has 0 aliphatic rings. The minimum atomic E-state index is 0.546. The number of ether oxygens (including phenoxy) is 1. The highest BCUT2D eigenvalue weighted by Gasteiger charge is 2.01. The lowest BCUT2D eigenvalue weighted by Gasteiger charge is -2.10. The summed E-state index contributed by atoms with van der Waals surface area (Å²) in [5.41, 5.74) is 0.892. The van der Waals surface area contributed by atoms with Gasteiger partial charge in [-0.25, -0.2) is 0 Å². The third-order valence-electron chi connectivity index (χ3n) is 2.41. The van der Waals surface area contributed by atoms with Gasteiger partial charge in [-0.05, 0) is 43.4 Å². The first kappa shape index (κ1) is 13.4. The predicted molar refractivity (Wildman–Crippen MR) is 79.4 cm³/mol. The standard InChI is InChI=1S/C14H16N2O2S/c1-2-17-12-6-3-5-11(9-12)16-14(19)15-10-13-7-4-8-18-13/h3-9H,2,10H2,1H3,(H2,15,16,19). The van der Waals surface area contributed by atoms with Crippen LogP contribution in [0.2, 0.25) is 0 Å². The minimum Gasteiger partial charge on any atom is -0.494 e. The second kappa shape index (κ2) is 6.80. The van der Waals surface area contributed by atoms with Crippen LogP contribution in [0.25, 0.3) is 0 Å². The lowest BCUT2D eigenvalue weighted by Crippen LogP contribution is -2.27. The first-order valence-electron chi connectivity index (χ1n) is 6.08. The molecule has 4 nitrogen and oxygen atoms in total. The van der Waals surface area contributed by atoms with Crippen molar-refractivity contribution in [1.82, 2.24) is 5.32 Å². The Morgan fingerprint density at radius 3 is 2.95 bits per heavy atom. The number of rotatable bonds is 5. The third kappa shape index (κ3) is 4.30. The summed E-state index contributed by atoms with van der Waals surface area (Å²) in [6, 6.07) is 11.4. The van der Waals surface area contributed by atoms with Gasteiger partial charge in [-0.3, -0.25) is 0 Å². The Labute approximate surface area is 117 Å². The molecule has 0 atom stereocenters. The van der Waals surface area contributed by atoms with Gasteiger partial charge in [-0.2, -0.15) is 0 Å². The van der Waals surface area contributed by atoms with Crippen LogP contribution in [0.1, 0.15) is 12.7 Å². The van der Waals surface area contributed by atoms with Crippen molar-refractivity contribution in [1.29, 1.82) is 0 Å². The van der Waals surface area contributed by atoms with E-state index in [9.17, 15) is 0 Å². The van der Waals surface area contributed by atoms with Crippen LogP contribution in [0, 0.1) is 0 Å². The summed E-state index contributed by atoms with van der Waals surface area (Å²) < 4.78 is 10.6. The van der Waals surface area contributed by atoms with E-state index in [1.54, 1.807) is 6.26 Å². The quantitative estimate of drug-likeness (QED) is 0.821. The Morgan fingerprint density at radius 2 is 2.21 bits per heavy atom.